The molecule has 36 nitrogen and oxygen atoms in total. The van der Waals surface area contributed by atoms with Gasteiger partial charge in [0.25, 0.3) is 0 Å². The molecule has 3 aliphatic heterocycles. The van der Waals surface area contributed by atoms with Gasteiger partial charge in [0.05, 0.1) is 57.8 Å². The van der Waals surface area contributed by atoms with Gasteiger partial charge in [0.15, 0.2) is 17.4 Å². The van der Waals surface area contributed by atoms with Crippen molar-refractivity contribution >= 4 is 100 Å². The predicted octanol–water partition coefficient (Wildman–Crippen LogP) is 3.85. The van der Waals surface area contributed by atoms with Crippen LogP contribution in [0.3, 0.4) is 0 Å². The van der Waals surface area contributed by atoms with Gasteiger partial charge in [-0.15, -0.1) is 37.2 Å². The number of rotatable bonds is 50. The van der Waals surface area contributed by atoms with E-state index >= 15 is 0 Å². The fourth-order valence-corrected chi connectivity index (χ4v) is 10.7. The van der Waals surface area contributed by atoms with Gasteiger partial charge < -0.3 is 146 Å². The Morgan fingerprint density at radius 3 is 1.30 bits per heavy atom. The molecule has 4 rings (SSSR count). The van der Waals surface area contributed by atoms with E-state index in [1.54, 1.807) is 41.2 Å². The molecule has 0 spiro atoms. The fourth-order valence-electron chi connectivity index (χ4n) is 10.7. The molecule has 11 atom stereocenters. The molecule has 4 aliphatic rings. The van der Waals surface area contributed by atoms with Crippen LogP contribution in [-0.2, 0) is 80.8 Å². The summed E-state index contributed by atoms with van der Waals surface area (Å²) in [5.41, 5.74) is 11.5. The minimum absolute atomic E-state index is 0. The van der Waals surface area contributed by atoms with E-state index < -0.39 is 117 Å². The number of ether oxygens (including phenoxy) is 12. The van der Waals surface area contributed by atoms with Crippen molar-refractivity contribution in [3.63, 3.8) is 0 Å². The van der Waals surface area contributed by atoms with Crippen LogP contribution in [0.2, 0.25) is 20.5 Å². The van der Waals surface area contributed by atoms with Gasteiger partial charge in [-0.3, -0.25) is 19.2 Å². The Labute approximate surface area is 707 Å². The maximum absolute atomic E-state index is 12.3. The van der Waals surface area contributed by atoms with E-state index in [0.29, 0.717) is 71.4 Å². The van der Waals surface area contributed by atoms with E-state index in [4.69, 9.17) is 88.7 Å². The fraction of sp³-hybridized carbons (Fsp3) is 0.851. The summed E-state index contributed by atoms with van der Waals surface area (Å²) in [4.78, 5) is 82.4. The predicted molar refractivity (Wildman–Crippen MR) is 448 cm³/mol. The maximum atomic E-state index is 12.3. The number of alkyl carbamates (subject to hydrolysis) is 2. The Hall–Kier alpha value is -4.37. The number of hydrogen-bond acceptors (Lipinski definition) is 33. The zero-order chi connectivity index (χ0) is 85.6. The standard InChI is InChI=1S/C19H30N2O6.C16H33BN2O6.C14H28BNO5.C13H27BN2O5.C12H26N2O5.3ClH/c1-19(2,3)27-18(25)21-15(16(22)23)11-7-8-12-20-17(24)26-13-14-9-5-4-6-10-14;1-12(9-20)18-8-6-5-7-14(19-17(4)22)15(21)23-10-13-11-24-16(2,3)25-13;1-5-6-7-8-12(16-15(4)18)13(17)19-9-11-10-20-14(2,3)21-11;1-13(2)20-9-10(21-13)8-19-12(17)11(16-14(3)18)6-4-5-7-15;1-9(6-15)14-5-3-2-4-11(13)12(18)19-8-10(17)7-16;;;/h4-5,9,15H,6-8,10-13H2,1-3H3,(H,20,24)(H,21,25)(H,22,23);12-14,18-20,22H,5-11H2,1-4H3;11-12,16,18H,5-10H2,1-4H3;10-11,16,18H,4-9,15H2,1-3H3;9-11,14-17H,2-8,13H2,1H3;3*1H/t15-;12?,13?,14-;11?,12-;10?,11-;9?,10?,11-;;;/m00000.../s1. The molecule has 0 bridgehead atoms. The Balaban J connectivity index is -0.000000675. The molecule has 0 saturated carbocycles. The highest BCUT2D eigenvalue weighted by atomic mass is 35.5. The molecule has 6 unspecified atom stereocenters. The van der Waals surface area contributed by atoms with Crippen molar-refractivity contribution in [1.82, 2.24) is 37.0 Å². The van der Waals surface area contributed by atoms with Crippen molar-refractivity contribution in [2.45, 2.75) is 309 Å². The first-order valence-electron chi connectivity index (χ1n) is 39.9. The minimum atomic E-state index is -1.12. The van der Waals surface area contributed by atoms with E-state index in [2.05, 4.69) is 50.0 Å². The lowest BCUT2D eigenvalue weighted by Crippen LogP contribution is -2.46. The van der Waals surface area contributed by atoms with Crippen molar-refractivity contribution < 1.29 is 131 Å². The number of esters is 4. The number of aliphatic hydroxyl groups excluding tert-OH is 4. The summed E-state index contributed by atoms with van der Waals surface area (Å²) >= 11 is 0. The number of halogens is 3. The third-order valence-electron chi connectivity index (χ3n) is 16.7. The number of unbranched alkanes of at least 4 members (excludes halogenated alkanes) is 6. The summed E-state index contributed by atoms with van der Waals surface area (Å²) in [5.74, 6) is -4.71. The smallest absolute Gasteiger partial charge is 0.408 e. The van der Waals surface area contributed by atoms with Crippen LogP contribution in [-0.4, -0.2) is 292 Å². The van der Waals surface area contributed by atoms with Gasteiger partial charge in [-0.2, -0.15) is 0 Å². The van der Waals surface area contributed by atoms with Crippen LogP contribution in [0.15, 0.2) is 23.8 Å². The van der Waals surface area contributed by atoms with E-state index in [-0.39, 0.29) is 132 Å². The molecule has 0 aromatic heterocycles. The van der Waals surface area contributed by atoms with E-state index in [9.17, 15) is 53.7 Å². The summed E-state index contributed by atoms with van der Waals surface area (Å²) in [5, 5.41) is 92.6. The van der Waals surface area contributed by atoms with Gasteiger partial charge >= 0.3 is 63.2 Å². The number of aliphatic carboxylic acids is 1. The molecule has 0 aromatic rings. The van der Waals surface area contributed by atoms with Crippen LogP contribution in [0.25, 0.3) is 0 Å². The zero-order valence-electron chi connectivity index (χ0n) is 71.4. The van der Waals surface area contributed by atoms with Gasteiger partial charge in [0.1, 0.15) is 75.1 Å². The van der Waals surface area contributed by atoms with Crippen LogP contribution in [0, 0.1) is 0 Å². The Morgan fingerprint density at radius 1 is 0.560 bits per heavy atom. The molecule has 680 valence electrons. The second-order valence-corrected chi connectivity index (χ2v) is 30.7. The number of carbonyl (C=O) groups excluding carboxylic acids is 6. The summed E-state index contributed by atoms with van der Waals surface area (Å²) in [6, 6.07) is -3.18. The van der Waals surface area contributed by atoms with Crippen LogP contribution in [0.5, 0.6) is 0 Å². The highest BCUT2D eigenvalue weighted by molar-refractivity contribution is 6.46. The van der Waals surface area contributed by atoms with Crippen molar-refractivity contribution in [2.75, 3.05) is 98.9 Å². The van der Waals surface area contributed by atoms with Crippen molar-refractivity contribution in [1.29, 1.82) is 0 Å². The molecule has 3 heterocycles. The Kier molecular flexibility index (Phi) is 68.4. The van der Waals surface area contributed by atoms with Crippen LogP contribution >= 0.6 is 37.2 Å². The van der Waals surface area contributed by atoms with Gasteiger partial charge in [-0.05, 0) is 199 Å². The summed E-state index contributed by atoms with van der Waals surface area (Å²) < 4.78 is 63.9. The van der Waals surface area contributed by atoms with Crippen molar-refractivity contribution in [2.24, 2.45) is 11.5 Å². The van der Waals surface area contributed by atoms with E-state index in [1.165, 1.54) is 0 Å². The normalized spacial score (nSPS) is 18.7. The zero-order valence-corrected chi connectivity index (χ0v) is 73.8. The first kappa shape index (κ1) is 118. The lowest BCUT2D eigenvalue weighted by molar-refractivity contribution is -0.159. The quantitative estimate of drug-likeness (QED) is 0.0178. The van der Waals surface area contributed by atoms with Gasteiger partial charge in [-0.1, -0.05) is 63.7 Å². The molecule has 19 N–H and O–H groups in total. The number of allylic oxidation sites excluding steroid dienone is 3. The summed E-state index contributed by atoms with van der Waals surface area (Å²) in [7, 11) is -2.31. The molecule has 0 aromatic carbocycles. The number of aliphatic hydroxyl groups is 4. The highest BCUT2D eigenvalue weighted by Crippen LogP contribution is 2.25. The SMILES string of the molecule is CB(O)N[C@@H](CCCCN)C(=O)OCC1COC(C)(C)O1.CB(O)N[C@@H](CCCCNC(C)CO)C(=O)OCC1COC(C)(C)O1.CC(C)(C)OC(=O)N[C@@H](CCCCNC(=O)OCC1=CC=CCC1)C(=O)O.CC(CO)NCCCC[C@H](N)C(=O)OCC(O)CO.CCCCC[C@H](NB(C)O)C(=O)OCC1COC(C)(C)O1.Cl.Cl.Cl. The summed E-state index contributed by atoms with van der Waals surface area (Å²) in [6.07, 6.45) is 16.3. The lowest BCUT2D eigenvalue weighted by Gasteiger charge is -2.22. The molecular formula is C74H147B3Cl3N9O27. The molecule has 3 fully saturated rings. The van der Waals surface area contributed by atoms with Crippen LogP contribution < -0.4 is 48.4 Å². The van der Waals surface area contributed by atoms with Gasteiger partial charge in [0, 0.05) is 18.6 Å². The largest absolute Gasteiger partial charge is 0.480 e. The molecule has 116 heavy (non-hydrogen) atoms. The second kappa shape index (κ2) is 67.2. The monoisotopic (exact) mass is 1730 g/mol. The van der Waals surface area contributed by atoms with Crippen LogP contribution in [0.4, 0.5) is 9.59 Å². The number of amides is 2. The first-order valence-corrected chi connectivity index (χ1v) is 39.9. The highest BCUT2D eigenvalue weighted by Gasteiger charge is 2.37. The molecule has 42 heteroatoms. The van der Waals surface area contributed by atoms with Gasteiger partial charge in [0.2, 0.25) is 0 Å². The third-order valence-corrected chi connectivity index (χ3v) is 16.7. The van der Waals surface area contributed by atoms with Crippen molar-refractivity contribution in [3.8, 4) is 0 Å². The number of carboxylic acid groups (broad SMARTS) is 1. The first-order chi connectivity index (χ1) is 53.1. The molecule has 2 amide bonds. The van der Waals surface area contributed by atoms with Gasteiger partial charge in [-0.25, -0.2) is 14.4 Å². The molecule has 0 radical (unpaired) electrons. The maximum Gasteiger partial charge on any atom is 0.408 e. The third kappa shape index (κ3) is 63.6. The number of hydrogen-bond donors (Lipinski definition) is 17. The lowest BCUT2D eigenvalue weighted by atomic mass is 9.86. The molecule has 3 saturated heterocycles. The minimum Gasteiger partial charge on any atom is -0.480 e. The average molecular weight is 1730 g/mol. The number of carboxylic acids is 1. The molecule has 1 aliphatic carbocycles. The van der Waals surface area contributed by atoms with Crippen molar-refractivity contribution in [3.05, 3.63) is 23.8 Å². The number of nitrogens with one attached hydrogen (secondary N) is 7. The number of carbonyl (C=O) groups is 7. The van der Waals surface area contributed by atoms with E-state index in [1.807, 2.05) is 67.5 Å². The molecular weight excluding hydrogens is 1590 g/mol. The average Bonchev–Trinajstić information content (AvgIpc) is 1.74. The summed E-state index contributed by atoms with van der Waals surface area (Å²) in [6.45, 7) is 30.6. The van der Waals surface area contributed by atoms with Crippen LogP contribution in [0.1, 0.15) is 199 Å². The Bertz CT molecular complexity index is 2610. The number of nitrogens with two attached hydrogens (primary N) is 2. The second-order valence-electron chi connectivity index (χ2n) is 30.7. The Morgan fingerprint density at radius 2 is 0.957 bits per heavy atom. The topological polar surface area (TPSA) is 528 Å². The van der Waals surface area contributed by atoms with E-state index in [0.717, 1.165) is 89.3 Å².